The minimum atomic E-state index is -0.142. The largest absolute Gasteiger partial charge is 0.393 e. The molecule has 1 nitrogen and oxygen atoms in total. The average molecular weight is 433 g/mol. The Morgan fingerprint density at radius 1 is 0.969 bits per heavy atom. The van der Waals surface area contributed by atoms with E-state index in [0.29, 0.717) is 11.3 Å². The minimum Gasteiger partial charge on any atom is -0.393 e. The number of rotatable bonds is 4. The zero-order valence-electron chi connectivity index (χ0n) is 21.1. The predicted molar refractivity (Wildman–Crippen MR) is 134 cm³/mol. The van der Waals surface area contributed by atoms with Crippen molar-refractivity contribution in [1.82, 2.24) is 0 Å². The molecular weight excluding hydrogens is 388 g/mol. The Bertz CT molecular complexity index is 921. The molecule has 0 amide bonds. The second-order valence-electron chi connectivity index (χ2n) is 12.7. The van der Waals surface area contributed by atoms with E-state index in [1.165, 1.54) is 56.9 Å². The smallest absolute Gasteiger partial charge is 0.0594 e. The van der Waals surface area contributed by atoms with Crippen LogP contribution in [-0.2, 0) is 6.42 Å². The van der Waals surface area contributed by atoms with Crippen LogP contribution in [0.1, 0.15) is 91.5 Å². The van der Waals surface area contributed by atoms with E-state index in [4.69, 9.17) is 0 Å². The lowest BCUT2D eigenvalue weighted by atomic mass is 9.46. The number of aliphatic hydroxyl groups is 1. The highest BCUT2D eigenvalue weighted by Crippen LogP contribution is 2.66. The Balaban J connectivity index is 1.38. The molecule has 1 aromatic rings. The monoisotopic (exact) mass is 432 g/mol. The first-order valence-electron chi connectivity index (χ1n) is 13.3. The third-order valence-electron chi connectivity index (χ3n) is 10.8. The van der Waals surface area contributed by atoms with Gasteiger partial charge in [0.25, 0.3) is 0 Å². The molecule has 5 rings (SSSR count). The maximum atomic E-state index is 10.8. The molecule has 4 aliphatic carbocycles. The van der Waals surface area contributed by atoms with Gasteiger partial charge in [-0.25, -0.2) is 0 Å². The quantitative estimate of drug-likeness (QED) is 0.513. The fourth-order valence-corrected chi connectivity index (χ4v) is 8.82. The molecule has 1 saturated carbocycles. The topological polar surface area (TPSA) is 20.2 Å². The van der Waals surface area contributed by atoms with E-state index in [2.05, 4.69) is 71.0 Å². The summed E-state index contributed by atoms with van der Waals surface area (Å²) in [6.07, 6.45) is 13.5. The second kappa shape index (κ2) is 7.86. The molecule has 1 aromatic carbocycles. The highest BCUT2D eigenvalue weighted by Gasteiger charge is 2.57. The van der Waals surface area contributed by atoms with Gasteiger partial charge >= 0.3 is 0 Å². The molecule has 0 spiro atoms. The second-order valence-corrected chi connectivity index (χ2v) is 12.7. The summed E-state index contributed by atoms with van der Waals surface area (Å²) >= 11 is 0. The van der Waals surface area contributed by atoms with Crippen molar-refractivity contribution in [3.05, 3.63) is 58.7 Å². The zero-order valence-corrected chi connectivity index (χ0v) is 21.1. The SMILES string of the molecule is C[C@H](CCc1ccccc1)[C@H]1CC=C2C3=C(CC[C@@]21C)[C@@]1(C)CC[C@H](O)C(C)(C)[C@@H]1CC3. The van der Waals surface area contributed by atoms with Gasteiger partial charge in [0.2, 0.25) is 0 Å². The maximum absolute atomic E-state index is 10.8. The molecule has 6 atom stereocenters. The molecular formula is C31H44O. The number of allylic oxidation sites excluding steroid dienone is 4. The summed E-state index contributed by atoms with van der Waals surface area (Å²) in [4.78, 5) is 0. The highest BCUT2D eigenvalue weighted by molar-refractivity contribution is 5.49. The van der Waals surface area contributed by atoms with Gasteiger partial charge in [0.15, 0.2) is 0 Å². The first-order chi connectivity index (χ1) is 15.2. The maximum Gasteiger partial charge on any atom is 0.0594 e. The summed E-state index contributed by atoms with van der Waals surface area (Å²) in [6, 6.07) is 11.0. The van der Waals surface area contributed by atoms with Crippen LogP contribution in [0, 0.1) is 34.0 Å². The van der Waals surface area contributed by atoms with Crippen molar-refractivity contribution in [2.24, 2.45) is 34.0 Å². The third-order valence-corrected chi connectivity index (χ3v) is 10.8. The van der Waals surface area contributed by atoms with E-state index < -0.39 is 0 Å². The number of benzene rings is 1. The highest BCUT2D eigenvalue weighted by atomic mass is 16.3. The lowest BCUT2D eigenvalue weighted by Gasteiger charge is -2.59. The zero-order chi connectivity index (χ0) is 22.7. The molecule has 0 bridgehead atoms. The van der Waals surface area contributed by atoms with E-state index in [0.717, 1.165) is 18.3 Å². The van der Waals surface area contributed by atoms with Crippen molar-refractivity contribution in [2.75, 3.05) is 0 Å². The van der Waals surface area contributed by atoms with Crippen LogP contribution in [0.5, 0.6) is 0 Å². The lowest BCUT2D eigenvalue weighted by molar-refractivity contribution is -0.0905. The Morgan fingerprint density at radius 2 is 1.72 bits per heavy atom. The van der Waals surface area contributed by atoms with Gasteiger partial charge in [-0.2, -0.15) is 0 Å². The molecule has 4 aliphatic rings. The van der Waals surface area contributed by atoms with Crippen LogP contribution in [0.2, 0.25) is 0 Å². The molecule has 1 heteroatoms. The Hall–Kier alpha value is -1.34. The molecule has 1 fully saturated rings. The Labute approximate surface area is 196 Å². The van der Waals surface area contributed by atoms with Gasteiger partial charge in [-0.1, -0.05) is 76.6 Å². The van der Waals surface area contributed by atoms with Crippen LogP contribution in [0.3, 0.4) is 0 Å². The third kappa shape index (κ3) is 3.29. The molecule has 32 heavy (non-hydrogen) atoms. The molecule has 1 N–H and O–H groups in total. The standard InChI is InChI=1S/C31H44O/c1-21(11-12-22-9-7-6-8-10-22)24-14-15-25-23-13-16-27-29(2,3)28(32)18-20-31(27,5)26(23)17-19-30(24,25)4/h6-10,15,21,24,27-28,32H,11-14,16-20H2,1-5H3/t21-,24-,27+,28+,30-,31-/m1/s1. The summed E-state index contributed by atoms with van der Waals surface area (Å²) in [7, 11) is 0. The summed E-state index contributed by atoms with van der Waals surface area (Å²) in [5.41, 5.74) is 7.44. The van der Waals surface area contributed by atoms with E-state index >= 15 is 0 Å². The molecule has 0 aromatic heterocycles. The van der Waals surface area contributed by atoms with Crippen molar-refractivity contribution < 1.29 is 5.11 Å². The predicted octanol–water partition coefficient (Wildman–Crippen LogP) is 7.90. The summed E-state index contributed by atoms with van der Waals surface area (Å²) < 4.78 is 0. The summed E-state index contributed by atoms with van der Waals surface area (Å²) in [5.74, 6) is 2.15. The lowest BCUT2D eigenvalue weighted by Crippen LogP contribution is -2.53. The van der Waals surface area contributed by atoms with Crippen LogP contribution >= 0.6 is 0 Å². The van der Waals surface area contributed by atoms with Gasteiger partial charge in [0.1, 0.15) is 0 Å². The van der Waals surface area contributed by atoms with E-state index in [1.54, 1.807) is 16.7 Å². The number of hydrogen-bond donors (Lipinski definition) is 1. The molecule has 0 saturated heterocycles. The number of aryl methyl sites for hydroxylation is 1. The van der Waals surface area contributed by atoms with Crippen LogP contribution in [0.25, 0.3) is 0 Å². The Kier molecular flexibility index (Phi) is 5.52. The van der Waals surface area contributed by atoms with Crippen molar-refractivity contribution in [3.63, 3.8) is 0 Å². The molecule has 0 aliphatic heterocycles. The van der Waals surface area contributed by atoms with Crippen LogP contribution in [0.4, 0.5) is 0 Å². The van der Waals surface area contributed by atoms with E-state index in [-0.39, 0.29) is 16.9 Å². The molecule has 0 unspecified atom stereocenters. The average Bonchev–Trinajstić information content (AvgIpc) is 3.13. The first kappa shape index (κ1) is 22.5. The Morgan fingerprint density at radius 3 is 2.47 bits per heavy atom. The van der Waals surface area contributed by atoms with Crippen molar-refractivity contribution in [2.45, 2.75) is 98.5 Å². The minimum absolute atomic E-state index is 0.0326. The fraction of sp³-hybridized carbons (Fsp3) is 0.677. The molecule has 0 heterocycles. The first-order valence-corrected chi connectivity index (χ1v) is 13.3. The van der Waals surface area contributed by atoms with Gasteiger partial charge < -0.3 is 5.11 Å². The molecule has 0 radical (unpaired) electrons. The van der Waals surface area contributed by atoms with Gasteiger partial charge in [0.05, 0.1) is 6.10 Å². The fourth-order valence-electron chi connectivity index (χ4n) is 8.82. The number of fused-ring (bicyclic) bond motifs is 4. The molecule has 174 valence electrons. The summed E-state index contributed by atoms with van der Waals surface area (Å²) in [5, 5.41) is 10.8. The number of hydrogen-bond acceptors (Lipinski definition) is 1. The van der Waals surface area contributed by atoms with Crippen molar-refractivity contribution >= 4 is 0 Å². The van der Waals surface area contributed by atoms with Crippen LogP contribution in [-0.4, -0.2) is 11.2 Å². The van der Waals surface area contributed by atoms with Crippen molar-refractivity contribution in [1.29, 1.82) is 0 Å². The van der Waals surface area contributed by atoms with Gasteiger partial charge in [-0.3, -0.25) is 0 Å². The van der Waals surface area contributed by atoms with Crippen LogP contribution < -0.4 is 0 Å². The van der Waals surface area contributed by atoms with E-state index in [1.807, 2.05) is 0 Å². The normalized spacial score (nSPS) is 39.1. The van der Waals surface area contributed by atoms with Crippen LogP contribution in [0.15, 0.2) is 53.1 Å². The number of aliphatic hydroxyl groups excluding tert-OH is 1. The van der Waals surface area contributed by atoms with E-state index in [9.17, 15) is 5.11 Å². The van der Waals surface area contributed by atoms with Gasteiger partial charge in [-0.15, -0.1) is 0 Å². The van der Waals surface area contributed by atoms with Crippen molar-refractivity contribution in [3.8, 4) is 0 Å². The van der Waals surface area contributed by atoms with Gasteiger partial charge in [0, 0.05) is 0 Å². The summed E-state index contributed by atoms with van der Waals surface area (Å²) in [6.45, 7) is 12.3. The van der Waals surface area contributed by atoms with Gasteiger partial charge in [-0.05, 0) is 108 Å².